The van der Waals surface area contributed by atoms with Crippen molar-refractivity contribution in [2.45, 2.75) is 20.3 Å². The number of anilines is 1. The maximum atomic E-state index is 5.48. The van der Waals surface area contributed by atoms with Gasteiger partial charge in [0.1, 0.15) is 11.6 Å². The zero-order chi connectivity index (χ0) is 11.3. The standard InChI is InChI=1S/C10H16N4S/c1-3-14(7-5-9(11)15)10-4-6-12-8(2)13-10/h4,6H,3,5,7H2,1-2H3,(H2,11,15). The molecule has 0 amide bonds. The van der Waals surface area contributed by atoms with E-state index in [-0.39, 0.29) is 0 Å². The lowest BCUT2D eigenvalue weighted by Crippen LogP contribution is -2.28. The first-order valence-electron chi connectivity index (χ1n) is 4.96. The van der Waals surface area contributed by atoms with Crippen molar-refractivity contribution in [1.82, 2.24) is 9.97 Å². The number of nitrogens with zero attached hydrogens (tertiary/aromatic N) is 3. The van der Waals surface area contributed by atoms with Crippen molar-refractivity contribution in [3.05, 3.63) is 18.1 Å². The van der Waals surface area contributed by atoms with E-state index in [1.807, 2.05) is 13.0 Å². The highest BCUT2D eigenvalue weighted by atomic mass is 32.1. The summed E-state index contributed by atoms with van der Waals surface area (Å²) in [5.74, 6) is 1.71. The lowest BCUT2D eigenvalue weighted by molar-refractivity contribution is 0.810. The van der Waals surface area contributed by atoms with E-state index in [9.17, 15) is 0 Å². The molecule has 1 rings (SSSR count). The average Bonchev–Trinajstić information content (AvgIpc) is 2.18. The third kappa shape index (κ3) is 3.79. The first kappa shape index (κ1) is 11.8. The van der Waals surface area contributed by atoms with Gasteiger partial charge < -0.3 is 10.6 Å². The highest BCUT2D eigenvalue weighted by Gasteiger charge is 2.06. The smallest absolute Gasteiger partial charge is 0.132 e. The molecule has 4 nitrogen and oxygen atoms in total. The van der Waals surface area contributed by atoms with Gasteiger partial charge in [-0.05, 0) is 19.9 Å². The third-order valence-electron chi connectivity index (χ3n) is 2.10. The summed E-state index contributed by atoms with van der Waals surface area (Å²) in [5.41, 5.74) is 5.48. The molecule has 0 unspecified atom stereocenters. The van der Waals surface area contributed by atoms with Crippen molar-refractivity contribution in [1.29, 1.82) is 0 Å². The molecular weight excluding hydrogens is 208 g/mol. The Morgan fingerprint density at radius 1 is 1.60 bits per heavy atom. The largest absolute Gasteiger partial charge is 0.393 e. The van der Waals surface area contributed by atoms with Gasteiger partial charge in [0.2, 0.25) is 0 Å². The van der Waals surface area contributed by atoms with Crippen LogP contribution in [0.2, 0.25) is 0 Å². The molecule has 0 saturated heterocycles. The Morgan fingerprint density at radius 2 is 2.33 bits per heavy atom. The topological polar surface area (TPSA) is 55.0 Å². The second-order valence-corrected chi connectivity index (χ2v) is 3.78. The van der Waals surface area contributed by atoms with E-state index in [0.717, 1.165) is 24.7 Å². The molecule has 0 aliphatic rings. The minimum Gasteiger partial charge on any atom is -0.393 e. The third-order valence-corrected chi connectivity index (χ3v) is 2.30. The van der Waals surface area contributed by atoms with Crippen LogP contribution >= 0.6 is 12.2 Å². The van der Waals surface area contributed by atoms with Crippen molar-refractivity contribution in [2.24, 2.45) is 5.73 Å². The minimum absolute atomic E-state index is 0.541. The van der Waals surface area contributed by atoms with Crippen LogP contribution in [0.15, 0.2) is 12.3 Å². The summed E-state index contributed by atoms with van der Waals surface area (Å²) in [6.07, 6.45) is 2.48. The summed E-state index contributed by atoms with van der Waals surface area (Å²) >= 11 is 4.86. The Balaban J connectivity index is 2.69. The molecule has 15 heavy (non-hydrogen) atoms. The molecule has 1 heterocycles. The zero-order valence-electron chi connectivity index (χ0n) is 9.10. The van der Waals surface area contributed by atoms with Gasteiger partial charge in [-0.1, -0.05) is 12.2 Å². The van der Waals surface area contributed by atoms with E-state index in [1.165, 1.54) is 0 Å². The fourth-order valence-corrected chi connectivity index (χ4v) is 1.39. The number of thiocarbonyl (C=S) groups is 1. The predicted molar refractivity (Wildman–Crippen MR) is 66.1 cm³/mol. The van der Waals surface area contributed by atoms with Gasteiger partial charge in [-0.15, -0.1) is 0 Å². The van der Waals surface area contributed by atoms with Crippen LogP contribution in [0.5, 0.6) is 0 Å². The molecule has 0 fully saturated rings. The summed E-state index contributed by atoms with van der Waals surface area (Å²) in [6.45, 7) is 5.66. The lowest BCUT2D eigenvalue weighted by Gasteiger charge is -2.21. The Kier molecular flexibility index (Phi) is 4.42. The van der Waals surface area contributed by atoms with Gasteiger partial charge in [-0.3, -0.25) is 0 Å². The van der Waals surface area contributed by atoms with E-state index < -0.39 is 0 Å². The molecule has 82 valence electrons. The number of nitrogens with two attached hydrogens (primary N) is 1. The minimum atomic E-state index is 0.541. The van der Waals surface area contributed by atoms with Crippen molar-refractivity contribution in [3.8, 4) is 0 Å². The van der Waals surface area contributed by atoms with E-state index >= 15 is 0 Å². The van der Waals surface area contributed by atoms with Gasteiger partial charge in [-0.2, -0.15) is 0 Å². The van der Waals surface area contributed by atoms with Gasteiger partial charge in [0, 0.05) is 25.7 Å². The molecule has 0 aliphatic carbocycles. The highest BCUT2D eigenvalue weighted by molar-refractivity contribution is 7.80. The van der Waals surface area contributed by atoms with Crippen molar-refractivity contribution >= 4 is 23.0 Å². The molecule has 1 aromatic heterocycles. The van der Waals surface area contributed by atoms with Crippen LogP contribution < -0.4 is 10.6 Å². The first-order chi connectivity index (χ1) is 7.13. The molecule has 0 spiro atoms. The maximum absolute atomic E-state index is 5.48. The average molecular weight is 224 g/mol. The van der Waals surface area contributed by atoms with E-state index in [0.29, 0.717) is 11.4 Å². The van der Waals surface area contributed by atoms with Crippen LogP contribution in [0, 0.1) is 6.92 Å². The van der Waals surface area contributed by atoms with Crippen molar-refractivity contribution in [2.75, 3.05) is 18.0 Å². The SMILES string of the molecule is CCN(CCC(N)=S)c1ccnc(C)n1. The van der Waals surface area contributed by atoms with E-state index in [4.69, 9.17) is 18.0 Å². The van der Waals surface area contributed by atoms with Gasteiger partial charge >= 0.3 is 0 Å². The van der Waals surface area contributed by atoms with Crippen molar-refractivity contribution < 1.29 is 0 Å². The van der Waals surface area contributed by atoms with E-state index in [1.54, 1.807) is 6.20 Å². The normalized spacial score (nSPS) is 10.0. The monoisotopic (exact) mass is 224 g/mol. The van der Waals surface area contributed by atoms with Crippen LogP contribution in [0.3, 0.4) is 0 Å². The van der Waals surface area contributed by atoms with E-state index in [2.05, 4.69) is 21.8 Å². The summed E-state index contributed by atoms with van der Waals surface area (Å²) in [6, 6.07) is 1.90. The van der Waals surface area contributed by atoms with Crippen LogP contribution in [-0.2, 0) is 0 Å². The Bertz CT molecular complexity index is 340. The quantitative estimate of drug-likeness (QED) is 0.764. The molecule has 2 N–H and O–H groups in total. The predicted octanol–water partition coefficient (Wildman–Crippen LogP) is 1.29. The molecule has 1 aromatic rings. The second-order valence-electron chi connectivity index (χ2n) is 3.26. The Morgan fingerprint density at radius 3 is 2.87 bits per heavy atom. The zero-order valence-corrected chi connectivity index (χ0v) is 9.92. The lowest BCUT2D eigenvalue weighted by atomic mass is 10.3. The van der Waals surface area contributed by atoms with Crippen LogP contribution in [-0.4, -0.2) is 28.0 Å². The fourth-order valence-electron chi connectivity index (χ4n) is 1.30. The number of rotatable bonds is 5. The Hall–Kier alpha value is -1.23. The number of hydrogen-bond donors (Lipinski definition) is 1. The highest BCUT2D eigenvalue weighted by Crippen LogP contribution is 2.09. The van der Waals surface area contributed by atoms with Gasteiger partial charge in [0.25, 0.3) is 0 Å². The number of hydrogen-bond acceptors (Lipinski definition) is 4. The molecule has 0 saturated carbocycles. The molecule has 0 radical (unpaired) electrons. The van der Waals surface area contributed by atoms with Gasteiger partial charge in [0.05, 0.1) is 4.99 Å². The summed E-state index contributed by atoms with van der Waals surface area (Å²) in [5, 5.41) is 0. The van der Waals surface area contributed by atoms with Crippen LogP contribution in [0.4, 0.5) is 5.82 Å². The Labute approximate surface area is 95.5 Å². The van der Waals surface area contributed by atoms with Crippen LogP contribution in [0.1, 0.15) is 19.2 Å². The molecular formula is C10H16N4S. The number of aromatic nitrogens is 2. The van der Waals surface area contributed by atoms with Gasteiger partial charge in [-0.25, -0.2) is 9.97 Å². The summed E-state index contributed by atoms with van der Waals surface area (Å²) < 4.78 is 0. The molecule has 0 aliphatic heterocycles. The van der Waals surface area contributed by atoms with Gasteiger partial charge in [0.15, 0.2) is 0 Å². The second kappa shape index (κ2) is 5.60. The van der Waals surface area contributed by atoms with Crippen molar-refractivity contribution in [3.63, 3.8) is 0 Å². The number of aryl methyl sites for hydroxylation is 1. The summed E-state index contributed by atoms with van der Waals surface area (Å²) in [7, 11) is 0. The van der Waals surface area contributed by atoms with Crippen LogP contribution in [0.25, 0.3) is 0 Å². The fraction of sp³-hybridized carbons (Fsp3) is 0.500. The molecule has 0 bridgehead atoms. The first-order valence-corrected chi connectivity index (χ1v) is 5.37. The maximum Gasteiger partial charge on any atom is 0.132 e. The summed E-state index contributed by atoms with van der Waals surface area (Å²) in [4.78, 5) is 11.1. The molecule has 5 heteroatoms. The molecule has 0 atom stereocenters. The molecule has 0 aromatic carbocycles.